The van der Waals surface area contributed by atoms with Crippen molar-refractivity contribution in [1.82, 2.24) is 9.88 Å². The molecule has 82 valence electrons. The van der Waals surface area contributed by atoms with Crippen molar-refractivity contribution in [2.24, 2.45) is 0 Å². The van der Waals surface area contributed by atoms with Crippen molar-refractivity contribution < 1.29 is 0 Å². The number of hydrogen-bond acceptors (Lipinski definition) is 2. The van der Waals surface area contributed by atoms with Gasteiger partial charge >= 0.3 is 0 Å². The molecule has 2 heterocycles. The van der Waals surface area contributed by atoms with E-state index in [1.165, 1.54) is 44.3 Å². The number of hydrogen-bond donors (Lipinski definition) is 0. The molecule has 2 rings (SSSR count). The predicted molar refractivity (Wildman–Crippen MR) is 62.7 cm³/mol. The zero-order chi connectivity index (χ0) is 10.5. The molecule has 1 atom stereocenters. The lowest BCUT2D eigenvalue weighted by Gasteiger charge is -2.24. The summed E-state index contributed by atoms with van der Waals surface area (Å²) in [5.41, 5.74) is 1.39. The third kappa shape index (κ3) is 2.57. The second-order valence-electron chi connectivity index (χ2n) is 4.33. The molecule has 15 heavy (non-hydrogen) atoms. The average Bonchev–Trinajstić information content (AvgIpc) is 2.75. The predicted octanol–water partition coefficient (Wildman–Crippen LogP) is 3.02. The Bertz CT molecular complexity index is 284. The third-order valence-electron chi connectivity index (χ3n) is 3.23. The third-order valence-corrected chi connectivity index (χ3v) is 3.23. The Kier molecular flexibility index (Phi) is 3.73. The van der Waals surface area contributed by atoms with Crippen LogP contribution in [0.4, 0.5) is 0 Å². The summed E-state index contributed by atoms with van der Waals surface area (Å²) in [4.78, 5) is 6.83. The summed E-state index contributed by atoms with van der Waals surface area (Å²) in [6.45, 7) is 4.77. The normalized spacial score (nSPS) is 22.1. The molecule has 0 aromatic carbocycles. The van der Waals surface area contributed by atoms with E-state index in [1.807, 2.05) is 18.5 Å². The fourth-order valence-electron chi connectivity index (χ4n) is 2.41. The molecule has 0 N–H and O–H groups in total. The van der Waals surface area contributed by atoms with Gasteiger partial charge in [-0.3, -0.25) is 9.88 Å². The Labute approximate surface area is 92.3 Å². The van der Waals surface area contributed by atoms with E-state index in [2.05, 4.69) is 22.9 Å². The van der Waals surface area contributed by atoms with Crippen molar-refractivity contribution in [3.8, 4) is 0 Å². The molecule has 1 aliphatic rings. The van der Waals surface area contributed by atoms with Crippen LogP contribution < -0.4 is 0 Å². The number of nitrogens with zero attached hydrogens (tertiary/aromatic N) is 2. The lowest BCUT2D eigenvalue weighted by molar-refractivity contribution is 0.253. The quantitative estimate of drug-likeness (QED) is 0.749. The molecule has 1 saturated heterocycles. The van der Waals surface area contributed by atoms with E-state index in [0.717, 1.165) is 0 Å². The highest BCUT2D eigenvalue weighted by Gasteiger charge is 2.24. The van der Waals surface area contributed by atoms with Gasteiger partial charge in [0.05, 0.1) is 0 Å². The van der Waals surface area contributed by atoms with Crippen molar-refractivity contribution >= 4 is 0 Å². The van der Waals surface area contributed by atoms with Crippen LogP contribution in [0, 0.1) is 0 Å². The van der Waals surface area contributed by atoms with E-state index in [9.17, 15) is 0 Å². The fraction of sp³-hybridized carbons (Fsp3) is 0.615. The van der Waals surface area contributed by atoms with Gasteiger partial charge in [0, 0.05) is 18.4 Å². The summed E-state index contributed by atoms with van der Waals surface area (Å²) in [7, 11) is 0. The number of pyridine rings is 1. The lowest BCUT2D eigenvalue weighted by Crippen LogP contribution is -2.24. The Hall–Kier alpha value is -0.890. The van der Waals surface area contributed by atoms with Gasteiger partial charge in [0.2, 0.25) is 0 Å². The molecule has 1 aromatic heterocycles. The standard InChI is InChI=1S/C13H20N2/c1-2-3-9-15-10-5-7-13(15)12-6-4-8-14-11-12/h4,6,8,11,13H,2-3,5,7,9-10H2,1H3/t13-/m1/s1. The summed E-state index contributed by atoms with van der Waals surface area (Å²) in [6.07, 6.45) is 9.12. The van der Waals surface area contributed by atoms with Gasteiger partial charge in [-0.1, -0.05) is 19.4 Å². The number of aromatic nitrogens is 1. The van der Waals surface area contributed by atoms with Crippen LogP contribution >= 0.6 is 0 Å². The van der Waals surface area contributed by atoms with Gasteiger partial charge in [0.1, 0.15) is 0 Å². The van der Waals surface area contributed by atoms with E-state index in [0.29, 0.717) is 6.04 Å². The van der Waals surface area contributed by atoms with Crippen molar-refractivity contribution in [2.45, 2.75) is 38.6 Å². The SMILES string of the molecule is CCCCN1CCC[C@@H]1c1cccnc1. The maximum absolute atomic E-state index is 4.22. The molecule has 0 radical (unpaired) electrons. The summed E-state index contributed by atoms with van der Waals surface area (Å²) < 4.78 is 0. The minimum absolute atomic E-state index is 0.630. The van der Waals surface area contributed by atoms with Crippen LogP contribution in [-0.2, 0) is 0 Å². The minimum atomic E-state index is 0.630. The molecule has 0 saturated carbocycles. The Morgan fingerprint density at radius 2 is 2.47 bits per heavy atom. The van der Waals surface area contributed by atoms with Crippen LogP contribution in [0.3, 0.4) is 0 Å². The van der Waals surface area contributed by atoms with E-state index >= 15 is 0 Å². The van der Waals surface area contributed by atoms with Gasteiger partial charge in [0.15, 0.2) is 0 Å². The summed E-state index contributed by atoms with van der Waals surface area (Å²) in [6, 6.07) is 4.89. The highest BCUT2D eigenvalue weighted by molar-refractivity contribution is 5.15. The second-order valence-corrected chi connectivity index (χ2v) is 4.33. The van der Waals surface area contributed by atoms with Crippen molar-refractivity contribution in [2.75, 3.05) is 13.1 Å². The smallest absolute Gasteiger partial charge is 0.0363 e. The van der Waals surface area contributed by atoms with Gasteiger partial charge < -0.3 is 0 Å². The maximum atomic E-state index is 4.22. The number of unbranched alkanes of at least 4 members (excludes halogenated alkanes) is 1. The molecule has 1 aromatic rings. The van der Waals surface area contributed by atoms with Gasteiger partial charge in [0.25, 0.3) is 0 Å². The van der Waals surface area contributed by atoms with Gasteiger partial charge in [-0.05, 0) is 44.0 Å². The molecule has 1 aliphatic heterocycles. The summed E-state index contributed by atoms with van der Waals surface area (Å²) in [5, 5.41) is 0. The van der Waals surface area contributed by atoms with Crippen molar-refractivity contribution in [3.63, 3.8) is 0 Å². The molecule has 0 amide bonds. The number of rotatable bonds is 4. The highest BCUT2D eigenvalue weighted by atomic mass is 15.2. The number of likely N-dealkylation sites (tertiary alicyclic amines) is 1. The molecule has 2 nitrogen and oxygen atoms in total. The summed E-state index contributed by atoms with van der Waals surface area (Å²) >= 11 is 0. The van der Waals surface area contributed by atoms with Crippen LogP contribution in [0.25, 0.3) is 0 Å². The Morgan fingerprint density at radius 3 is 3.20 bits per heavy atom. The first-order chi connectivity index (χ1) is 7.42. The van der Waals surface area contributed by atoms with Gasteiger partial charge in [-0.15, -0.1) is 0 Å². The molecule has 0 bridgehead atoms. The molecule has 2 heteroatoms. The molecule has 1 fully saturated rings. The van der Waals surface area contributed by atoms with E-state index in [4.69, 9.17) is 0 Å². The molecule has 0 spiro atoms. The van der Waals surface area contributed by atoms with E-state index < -0.39 is 0 Å². The fourth-order valence-corrected chi connectivity index (χ4v) is 2.41. The topological polar surface area (TPSA) is 16.1 Å². The van der Waals surface area contributed by atoms with Gasteiger partial charge in [-0.2, -0.15) is 0 Å². The zero-order valence-electron chi connectivity index (χ0n) is 9.52. The van der Waals surface area contributed by atoms with Crippen molar-refractivity contribution in [1.29, 1.82) is 0 Å². The first kappa shape index (κ1) is 10.6. The Balaban J connectivity index is 2.01. The molecule has 0 unspecified atom stereocenters. The monoisotopic (exact) mass is 204 g/mol. The molecular weight excluding hydrogens is 184 g/mol. The summed E-state index contributed by atoms with van der Waals surface area (Å²) in [5.74, 6) is 0. The largest absolute Gasteiger partial charge is 0.296 e. The van der Waals surface area contributed by atoms with E-state index in [1.54, 1.807) is 0 Å². The maximum Gasteiger partial charge on any atom is 0.0363 e. The average molecular weight is 204 g/mol. The minimum Gasteiger partial charge on any atom is -0.296 e. The highest BCUT2D eigenvalue weighted by Crippen LogP contribution is 2.31. The zero-order valence-corrected chi connectivity index (χ0v) is 9.52. The van der Waals surface area contributed by atoms with E-state index in [-0.39, 0.29) is 0 Å². The van der Waals surface area contributed by atoms with Crippen LogP contribution in [0.15, 0.2) is 24.5 Å². The second kappa shape index (κ2) is 5.26. The molecular formula is C13H20N2. The van der Waals surface area contributed by atoms with Crippen LogP contribution in [0.5, 0.6) is 0 Å². The van der Waals surface area contributed by atoms with Crippen LogP contribution in [0.2, 0.25) is 0 Å². The first-order valence-corrected chi connectivity index (χ1v) is 6.06. The van der Waals surface area contributed by atoms with Gasteiger partial charge in [-0.25, -0.2) is 0 Å². The van der Waals surface area contributed by atoms with Crippen LogP contribution in [0.1, 0.15) is 44.2 Å². The van der Waals surface area contributed by atoms with Crippen molar-refractivity contribution in [3.05, 3.63) is 30.1 Å². The van der Waals surface area contributed by atoms with Crippen LogP contribution in [-0.4, -0.2) is 23.0 Å². The lowest BCUT2D eigenvalue weighted by atomic mass is 10.1. The Morgan fingerprint density at radius 1 is 1.53 bits per heavy atom. The first-order valence-electron chi connectivity index (χ1n) is 6.06. The molecule has 0 aliphatic carbocycles.